The van der Waals surface area contributed by atoms with Gasteiger partial charge in [-0.25, -0.2) is 9.97 Å². The number of aryl methyl sites for hydroxylation is 1. The predicted octanol–water partition coefficient (Wildman–Crippen LogP) is 2.57. The minimum absolute atomic E-state index is 0.100. The first-order valence-corrected chi connectivity index (χ1v) is 10.9. The van der Waals surface area contributed by atoms with E-state index in [0.29, 0.717) is 11.3 Å². The van der Waals surface area contributed by atoms with Crippen molar-refractivity contribution in [1.29, 1.82) is 0 Å². The van der Waals surface area contributed by atoms with Gasteiger partial charge in [0.05, 0.1) is 23.6 Å². The van der Waals surface area contributed by atoms with Crippen molar-refractivity contribution >= 4 is 22.4 Å². The van der Waals surface area contributed by atoms with Gasteiger partial charge >= 0.3 is 0 Å². The van der Waals surface area contributed by atoms with Crippen LogP contribution in [0.25, 0.3) is 27.8 Å². The Labute approximate surface area is 180 Å². The molecule has 0 spiro atoms. The van der Waals surface area contributed by atoms with Crippen LogP contribution < -0.4 is 10.5 Å². The third kappa shape index (κ3) is 3.90. The van der Waals surface area contributed by atoms with E-state index in [1.54, 1.807) is 21.3 Å². The number of fused-ring (bicyclic) bond motifs is 2. The zero-order valence-corrected chi connectivity index (χ0v) is 18.0. The molecule has 0 radical (unpaired) electrons. The highest BCUT2D eigenvalue weighted by Gasteiger charge is 2.18. The Morgan fingerprint density at radius 2 is 1.90 bits per heavy atom. The molecule has 3 aromatic heterocycles. The summed E-state index contributed by atoms with van der Waals surface area (Å²) in [4.78, 5) is 27.0. The van der Waals surface area contributed by atoms with Gasteiger partial charge in [0.1, 0.15) is 5.82 Å². The highest BCUT2D eigenvalue weighted by Crippen LogP contribution is 2.22. The molecule has 4 aromatic rings. The number of hydrogen-bond acceptors (Lipinski definition) is 6. The van der Waals surface area contributed by atoms with Crippen molar-refractivity contribution in [2.45, 2.75) is 19.8 Å². The molecule has 8 heteroatoms. The number of hydrogen-bond donors (Lipinski definition) is 0. The number of anilines is 1. The third-order valence-corrected chi connectivity index (χ3v) is 5.98. The lowest BCUT2D eigenvalue weighted by Gasteiger charge is -2.35. The first-order valence-electron chi connectivity index (χ1n) is 10.9. The summed E-state index contributed by atoms with van der Waals surface area (Å²) in [6.45, 7) is 7.29. The van der Waals surface area contributed by atoms with Crippen LogP contribution in [0.3, 0.4) is 0 Å². The average molecular weight is 418 g/mol. The SMILES string of the molecule is CCCCN1CCN(c2cn3c(=O)cc(-c4ccc5nn(C)cc5c4)nc3cn2)CC1. The highest BCUT2D eigenvalue weighted by molar-refractivity contribution is 5.83. The van der Waals surface area contributed by atoms with Gasteiger partial charge in [-0.15, -0.1) is 0 Å². The predicted molar refractivity (Wildman–Crippen MR) is 123 cm³/mol. The summed E-state index contributed by atoms with van der Waals surface area (Å²) in [5.74, 6) is 0.830. The molecule has 1 aromatic carbocycles. The largest absolute Gasteiger partial charge is 0.353 e. The fourth-order valence-corrected chi connectivity index (χ4v) is 4.20. The molecule has 0 aliphatic carbocycles. The molecule has 1 aliphatic heterocycles. The summed E-state index contributed by atoms with van der Waals surface area (Å²) in [5.41, 5.74) is 2.92. The van der Waals surface area contributed by atoms with Crippen molar-refractivity contribution in [3.05, 3.63) is 53.2 Å². The zero-order chi connectivity index (χ0) is 21.4. The quantitative estimate of drug-likeness (QED) is 0.497. The number of unbranched alkanes of at least 4 members (excludes halogenated alkanes) is 1. The summed E-state index contributed by atoms with van der Waals surface area (Å²) in [6.07, 6.45) is 7.95. The van der Waals surface area contributed by atoms with Gasteiger partial charge in [0.15, 0.2) is 5.65 Å². The van der Waals surface area contributed by atoms with Crippen LogP contribution in [-0.2, 0) is 7.05 Å². The second-order valence-corrected chi connectivity index (χ2v) is 8.21. The van der Waals surface area contributed by atoms with Crippen LogP contribution in [0.5, 0.6) is 0 Å². The maximum absolute atomic E-state index is 12.9. The van der Waals surface area contributed by atoms with Crippen molar-refractivity contribution in [3.63, 3.8) is 0 Å². The molecule has 1 saturated heterocycles. The Morgan fingerprint density at radius 3 is 2.71 bits per heavy atom. The molecule has 0 atom stereocenters. The van der Waals surface area contributed by atoms with Crippen LogP contribution in [-0.4, -0.2) is 61.8 Å². The van der Waals surface area contributed by atoms with Gasteiger partial charge in [0.2, 0.25) is 0 Å². The van der Waals surface area contributed by atoms with Crippen LogP contribution in [0, 0.1) is 0 Å². The molecule has 0 N–H and O–H groups in total. The minimum Gasteiger partial charge on any atom is -0.353 e. The van der Waals surface area contributed by atoms with Gasteiger partial charge in [-0.05, 0) is 25.1 Å². The van der Waals surface area contributed by atoms with Gasteiger partial charge in [0.25, 0.3) is 5.56 Å². The lowest BCUT2D eigenvalue weighted by Crippen LogP contribution is -2.47. The Morgan fingerprint density at radius 1 is 1.06 bits per heavy atom. The fraction of sp³-hybridized carbons (Fsp3) is 0.391. The number of piperazine rings is 1. The van der Waals surface area contributed by atoms with Crippen LogP contribution in [0.1, 0.15) is 19.8 Å². The molecule has 5 rings (SSSR count). The average Bonchev–Trinajstić information content (AvgIpc) is 3.17. The van der Waals surface area contributed by atoms with Crippen molar-refractivity contribution in [2.24, 2.45) is 7.05 Å². The van der Waals surface area contributed by atoms with Gasteiger partial charge in [-0.2, -0.15) is 5.10 Å². The van der Waals surface area contributed by atoms with E-state index in [0.717, 1.165) is 55.0 Å². The zero-order valence-electron chi connectivity index (χ0n) is 18.0. The van der Waals surface area contributed by atoms with Crippen molar-refractivity contribution < 1.29 is 0 Å². The van der Waals surface area contributed by atoms with Gasteiger partial charge in [-0.3, -0.25) is 18.8 Å². The summed E-state index contributed by atoms with van der Waals surface area (Å²) in [6, 6.07) is 7.51. The smallest absolute Gasteiger partial charge is 0.258 e. The van der Waals surface area contributed by atoms with Crippen molar-refractivity contribution in [3.8, 4) is 11.3 Å². The highest BCUT2D eigenvalue weighted by atomic mass is 16.1. The molecule has 0 bridgehead atoms. The van der Waals surface area contributed by atoms with E-state index in [-0.39, 0.29) is 5.56 Å². The van der Waals surface area contributed by atoms with E-state index in [9.17, 15) is 4.79 Å². The first-order chi connectivity index (χ1) is 15.1. The minimum atomic E-state index is -0.100. The molecule has 0 amide bonds. The molecule has 0 unspecified atom stereocenters. The molecule has 8 nitrogen and oxygen atoms in total. The summed E-state index contributed by atoms with van der Waals surface area (Å²) >= 11 is 0. The second kappa shape index (κ2) is 8.11. The molecule has 31 heavy (non-hydrogen) atoms. The fourth-order valence-electron chi connectivity index (χ4n) is 4.20. The third-order valence-electron chi connectivity index (χ3n) is 5.98. The Kier molecular flexibility index (Phi) is 5.15. The van der Waals surface area contributed by atoms with Crippen LogP contribution >= 0.6 is 0 Å². The van der Waals surface area contributed by atoms with E-state index in [2.05, 4.69) is 26.8 Å². The number of aromatic nitrogens is 5. The molecule has 4 heterocycles. The summed E-state index contributed by atoms with van der Waals surface area (Å²) < 4.78 is 3.38. The maximum atomic E-state index is 12.9. The Hall–Kier alpha value is -3.26. The second-order valence-electron chi connectivity index (χ2n) is 8.21. The normalized spacial score (nSPS) is 15.2. The molecule has 0 saturated carbocycles. The topological polar surface area (TPSA) is 71.6 Å². The lowest BCUT2D eigenvalue weighted by atomic mass is 10.1. The van der Waals surface area contributed by atoms with E-state index in [1.165, 1.54) is 12.8 Å². The molecular weight excluding hydrogens is 390 g/mol. The number of benzene rings is 1. The van der Waals surface area contributed by atoms with Crippen LogP contribution in [0.2, 0.25) is 0 Å². The summed E-state index contributed by atoms with van der Waals surface area (Å²) in [7, 11) is 1.90. The van der Waals surface area contributed by atoms with Crippen molar-refractivity contribution in [2.75, 3.05) is 37.6 Å². The van der Waals surface area contributed by atoms with Crippen molar-refractivity contribution in [1.82, 2.24) is 29.0 Å². The van der Waals surface area contributed by atoms with Gasteiger partial charge in [0, 0.05) is 56.4 Å². The maximum Gasteiger partial charge on any atom is 0.258 e. The number of nitrogens with zero attached hydrogens (tertiary/aromatic N) is 7. The van der Waals surface area contributed by atoms with Gasteiger partial charge in [-0.1, -0.05) is 19.4 Å². The van der Waals surface area contributed by atoms with E-state index >= 15 is 0 Å². The molecule has 1 aliphatic rings. The lowest BCUT2D eigenvalue weighted by molar-refractivity contribution is 0.253. The molecule has 1 fully saturated rings. The first kappa shape index (κ1) is 19.7. The standard InChI is InChI=1S/C23H27N7O/c1-3-4-7-28-8-10-29(11-9-28)22-16-30-21(14-24-22)25-20(13-23(30)31)17-5-6-19-18(12-17)15-27(2)26-19/h5-6,12-16H,3-4,7-11H2,1-2H3. The molecular formula is C23H27N7O. The van der Waals surface area contributed by atoms with E-state index in [1.807, 2.05) is 37.6 Å². The Balaban J connectivity index is 1.41. The van der Waals surface area contributed by atoms with E-state index < -0.39 is 0 Å². The summed E-state index contributed by atoms with van der Waals surface area (Å²) in [5, 5.41) is 5.42. The Bertz CT molecular complexity index is 1280. The monoisotopic (exact) mass is 417 g/mol. The van der Waals surface area contributed by atoms with E-state index in [4.69, 9.17) is 4.98 Å². The van der Waals surface area contributed by atoms with Crippen LogP contribution in [0.4, 0.5) is 5.82 Å². The van der Waals surface area contributed by atoms with Crippen LogP contribution in [0.15, 0.2) is 47.7 Å². The van der Waals surface area contributed by atoms with Gasteiger partial charge < -0.3 is 4.90 Å². The molecule has 160 valence electrons. The number of rotatable bonds is 5.